The zero-order valence-electron chi connectivity index (χ0n) is 17.6. The topological polar surface area (TPSA) is 108 Å². The van der Waals surface area contributed by atoms with Gasteiger partial charge in [0.25, 0.3) is 0 Å². The fourth-order valence-corrected chi connectivity index (χ4v) is 6.72. The van der Waals surface area contributed by atoms with Crippen molar-refractivity contribution in [2.24, 2.45) is 5.92 Å². The average molecular weight is 442 g/mol. The first-order valence-electron chi connectivity index (χ1n) is 10.8. The zero-order valence-corrected chi connectivity index (χ0v) is 18.4. The summed E-state index contributed by atoms with van der Waals surface area (Å²) in [4.78, 5) is 22.6. The van der Waals surface area contributed by atoms with Crippen molar-refractivity contribution in [3.63, 3.8) is 0 Å². The molecule has 3 aromatic rings. The molecule has 1 aliphatic carbocycles. The van der Waals surface area contributed by atoms with Gasteiger partial charge in [-0.3, -0.25) is 0 Å². The highest BCUT2D eigenvalue weighted by Crippen LogP contribution is 2.34. The SMILES string of the molecule is CN(c1ncnc2[nH]ccc12)[C@H]1CC[C@H](CS(=O)(=O)N2CC(c3ncccn3)C2)CC1. The summed E-state index contributed by atoms with van der Waals surface area (Å²) >= 11 is 0. The van der Waals surface area contributed by atoms with Gasteiger partial charge in [-0.05, 0) is 43.7 Å². The third kappa shape index (κ3) is 4.01. The fourth-order valence-electron chi connectivity index (χ4n) is 4.76. The molecule has 0 atom stereocenters. The van der Waals surface area contributed by atoms with E-state index < -0.39 is 10.0 Å². The Labute approximate surface area is 182 Å². The molecule has 4 heterocycles. The maximum absolute atomic E-state index is 12.9. The summed E-state index contributed by atoms with van der Waals surface area (Å²) in [5.41, 5.74) is 0.838. The van der Waals surface area contributed by atoms with Crippen LogP contribution in [0.3, 0.4) is 0 Å². The van der Waals surface area contributed by atoms with Gasteiger partial charge in [-0.15, -0.1) is 0 Å². The number of aromatic nitrogens is 5. The van der Waals surface area contributed by atoms with Crippen LogP contribution in [0.5, 0.6) is 0 Å². The van der Waals surface area contributed by atoms with E-state index in [0.717, 1.165) is 48.4 Å². The van der Waals surface area contributed by atoms with Crippen LogP contribution in [-0.2, 0) is 10.0 Å². The van der Waals surface area contributed by atoms with Crippen LogP contribution < -0.4 is 4.90 Å². The molecule has 0 spiro atoms. The maximum atomic E-state index is 12.9. The van der Waals surface area contributed by atoms with E-state index in [0.29, 0.717) is 19.1 Å². The van der Waals surface area contributed by atoms with E-state index in [9.17, 15) is 8.42 Å². The van der Waals surface area contributed by atoms with Crippen LogP contribution in [0.2, 0.25) is 0 Å². The minimum atomic E-state index is -3.24. The van der Waals surface area contributed by atoms with Gasteiger partial charge in [0.1, 0.15) is 23.6 Å². The van der Waals surface area contributed by atoms with Gasteiger partial charge in [-0.2, -0.15) is 0 Å². The third-order valence-corrected chi connectivity index (χ3v) is 8.65. The fraction of sp³-hybridized carbons (Fsp3) is 0.524. The Bertz CT molecular complexity index is 1140. The highest BCUT2D eigenvalue weighted by molar-refractivity contribution is 7.89. The number of hydrogen-bond donors (Lipinski definition) is 1. The molecule has 9 nitrogen and oxygen atoms in total. The zero-order chi connectivity index (χ0) is 21.4. The highest BCUT2D eigenvalue weighted by Gasteiger charge is 2.39. The maximum Gasteiger partial charge on any atom is 0.214 e. The van der Waals surface area contributed by atoms with Gasteiger partial charge in [0, 0.05) is 50.7 Å². The predicted molar refractivity (Wildman–Crippen MR) is 118 cm³/mol. The van der Waals surface area contributed by atoms with E-state index in [4.69, 9.17) is 0 Å². The lowest BCUT2D eigenvalue weighted by Gasteiger charge is -2.39. The Hall–Kier alpha value is -2.59. The second-order valence-electron chi connectivity index (χ2n) is 8.62. The molecule has 0 bridgehead atoms. The Morgan fingerprint density at radius 1 is 1.10 bits per heavy atom. The summed E-state index contributed by atoms with van der Waals surface area (Å²) in [5, 5.41) is 1.02. The molecule has 164 valence electrons. The van der Waals surface area contributed by atoms with Crippen molar-refractivity contribution in [1.29, 1.82) is 0 Å². The van der Waals surface area contributed by atoms with E-state index in [-0.39, 0.29) is 17.6 Å². The third-order valence-electron chi connectivity index (χ3n) is 6.67. The van der Waals surface area contributed by atoms with Gasteiger partial charge in [0.05, 0.1) is 11.1 Å². The molecule has 10 heteroatoms. The molecule has 1 aliphatic heterocycles. The predicted octanol–water partition coefficient (Wildman–Crippen LogP) is 2.17. The van der Waals surface area contributed by atoms with Crippen molar-refractivity contribution in [2.45, 2.75) is 37.6 Å². The molecule has 1 saturated heterocycles. The highest BCUT2D eigenvalue weighted by atomic mass is 32.2. The molecule has 2 aliphatic rings. The van der Waals surface area contributed by atoms with Crippen LogP contribution in [0.4, 0.5) is 5.82 Å². The number of nitrogens with one attached hydrogen (secondary N) is 1. The van der Waals surface area contributed by atoms with Crippen LogP contribution in [0, 0.1) is 5.92 Å². The molecule has 0 aromatic carbocycles. The van der Waals surface area contributed by atoms with Crippen LogP contribution in [0.25, 0.3) is 11.0 Å². The molecule has 0 unspecified atom stereocenters. The lowest BCUT2D eigenvalue weighted by atomic mass is 9.86. The molecule has 3 aromatic heterocycles. The second-order valence-corrected chi connectivity index (χ2v) is 10.6. The Kier molecular flexibility index (Phi) is 5.35. The minimum absolute atomic E-state index is 0.110. The Morgan fingerprint density at radius 3 is 2.58 bits per heavy atom. The first-order chi connectivity index (χ1) is 15.0. The number of fused-ring (bicyclic) bond motifs is 1. The molecular weight excluding hydrogens is 414 g/mol. The Balaban J connectivity index is 1.15. The van der Waals surface area contributed by atoms with Gasteiger partial charge in [0.15, 0.2) is 0 Å². The number of H-pyrrole nitrogens is 1. The van der Waals surface area contributed by atoms with E-state index >= 15 is 0 Å². The first-order valence-corrected chi connectivity index (χ1v) is 12.4. The van der Waals surface area contributed by atoms with Crippen molar-refractivity contribution in [2.75, 3.05) is 30.8 Å². The molecule has 0 radical (unpaired) electrons. The van der Waals surface area contributed by atoms with E-state index in [1.165, 1.54) is 0 Å². The quantitative estimate of drug-likeness (QED) is 0.624. The summed E-state index contributed by atoms with van der Waals surface area (Å²) < 4.78 is 27.3. The van der Waals surface area contributed by atoms with Crippen LogP contribution >= 0.6 is 0 Å². The molecule has 5 rings (SSSR count). The molecule has 31 heavy (non-hydrogen) atoms. The van der Waals surface area contributed by atoms with Crippen molar-refractivity contribution in [3.8, 4) is 0 Å². The van der Waals surface area contributed by atoms with E-state index in [1.54, 1.807) is 29.1 Å². The van der Waals surface area contributed by atoms with Crippen molar-refractivity contribution in [3.05, 3.63) is 42.9 Å². The molecule has 0 amide bonds. The summed E-state index contributed by atoms with van der Waals surface area (Å²) in [6.45, 7) is 0.982. The van der Waals surface area contributed by atoms with Crippen molar-refractivity contribution < 1.29 is 8.42 Å². The number of hydrogen-bond acceptors (Lipinski definition) is 7. The largest absolute Gasteiger partial charge is 0.356 e. The minimum Gasteiger partial charge on any atom is -0.356 e. The van der Waals surface area contributed by atoms with Gasteiger partial charge in [0.2, 0.25) is 10.0 Å². The summed E-state index contributed by atoms with van der Waals surface area (Å²) in [6.07, 6.45) is 10.6. The van der Waals surface area contributed by atoms with Crippen LogP contribution in [-0.4, -0.2) is 69.6 Å². The van der Waals surface area contributed by atoms with Crippen molar-refractivity contribution in [1.82, 2.24) is 29.2 Å². The first kappa shape index (κ1) is 20.3. The van der Waals surface area contributed by atoms with E-state index in [2.05, 4.69) is 36.9 Å². The molecular formula is C21H27N7O2S. The molecule has 1 saturated carbocycles. The summed E-state index contributed by atoms with van der Waals surface area (Å²) in [6, 6.07) is 4.13. The van der Waals surface area contributed by atoms with Gasteiger partial charge >= 0.3 is 0 Å². The smallest absolute Gasteiger partial charge is 0.214 e. The number of anilines is 1. The van der Waals surface area contributed by atoms with E-state index in [1.807, 2.05) is 12.3 Å². The van der Waals surface area contributed by atoms with Crippen LogP contribution in [0.15, 0.2) is 37.1 Å². The number of rotatable bonds is 6. The van der Waals surface area contributed by atoms with Gasteiger partial charge < -0.3 is 9.88 Å². The monoisotopic (exact) mass is 441 g/mol. The molecule has 2 fully saturated rings. The normalized spacial score (nSPS) is 23.0. The van der Waals surface area contributed by atoms with Gasteiger partial charge in [-0.1, -0.05) is 0 Å². The van der Waals surface area contributed by atoms with Crippen molar-refractivity contribution >= 4 is 26.9 Å². The number of sulfonamides is 1. The second kappa shape index (κ2) is 8.16. The van der Waals surface area contributed by atoms with Crippen LogP contribution in [0.1, 0.15) is 37.4 Å². The standard InChI is InChI=1S/C21H27N7O2S/c1-27(21-18-7-10-24-20(18)25-14-26-21)17-5-3-15(4-6-17)13-31(29,30)28-11-16(12-28)19-22-8-2-9-23-19/h2,7-10,14-17H,3-6,11-13H2,1H3,(H,24,25,26)/t15-,17-. The lowest BCUT2D eigenvalue weighted by Crippen LogP contribution is -2.50. The summed E-state index contributed by atoms with van der Waals surface area (Å²) in [7, 11) is -1.16. The molecule has 1 N–H and O–H groups in total. The lowest BCUT2D eigenvalue weighted by molar-refractivity contribution is 0.251. The number of nitrogens with zero attached hydrogens (tertiary/aromatic N) is 6. The van der Waals surface area contributed by atoms with Gasteiger partial charge in [-0.25, -0.2) is 32.7 Å². The average Bonchev–Trinajstić information content (AvgIpc) is 3.22. The number of aromatic amines is 1. The Morgan fingerprint density at radius 2 is 1.84 bits per heavy atom. The summed E-state index contributed by atoms with van der Waals surface area (Å²) in [5.74, 6) is 2.22.